The lowest BCUT2D eigenvalue weighted by molar-refractivity contribution is -0.121. The Labute approximate surface area is 162 Å². The fourth-order valence-corrected chi connectivity index (χ4v) is 3.60. The van der Waals surface area contributed by atoms with Gasteiger partial charge in [0, 0.05) is 13.0 Å². The summed E-state index contributed by atoms with van der Waals surface area (Å²) in [4.78, 5) is 34.5. The minimum Gasteiger partial charge on any atom is -0.368 e. The lowest BCUT2D eigenvalue weighted by Gasteiger charge is -2.23. The summed E-state index contributed by atoms with van der Waals surface area (Å²) in [5.41, 5.74) is 5.27. The maximum Gasteiger partial charge on any atom is 0.315 e. The van der Waals surface area contributed by atoms with Crippen molar-refractivity contribution in [3.05, 3.63) is 0 Å². The number of nitrogens with one attached hydrogen (secondary N) is 4. The van der Waals surface area contributed by atoms with Crippen LogP contribution in [0.3, 0.4) is 0 Å². The van der Waals surface area contributed by atoms with Gasteiger partial charge in [-0.25, -0.2) is 4.79 Å². The highest BCUT2D eigenvalue weighted by atomic mass is 16.2. The average molecular weight is 384 g/mol. The number of hydrogen-bond acceptors (Lipinski definition) is 4. The summed E-state index contributed by atoms with van der Waals surface area (Å²) < 4.78 is 0. The highest BCUT2D eigenvalue weighted by Crippen LogP contribution is 2.20. The van der Waals surface area contributed by atoms with E-state index in [1.54, 1.807) is 7.05 Å². The number of urea groups is 1. The van der Waals surface area contributed by atoms with Gasteiger partial charge < -0.3 is 27.0 Å². The van der Waals surface area contributed by atoms with Crippen LogP contribution >= 0.6 is 0 Å². The number of likely N-dealkylation sites (N-methyl/N-ethyl adjacent to an activating group) is 1. The molecule has 156 valence electrons. The van der Waals surface area contributed by atoms with Crippen molar-refractivity contribution >= 4 is 17.8 Å². The Morgan fingerprint density at radius 3 is 2.48 bits per heavy atom. The molecule has 4 amide bonds. The number of carbonyl (C=O) groups is 3. The van der Waals surface area contributed by atoms with Crippen molar-refractivity contribution in [3.63, 3.8) is 0 Å². The SMILES string of the molecule is CC[C@H]1NC(=O)N[C@H]1[C@H](C)CCCCC(=O)NCCCC[C@H](NC)C(N)=O. The summed E-state index contributed by atoms with van der Waals surface area (Å²) in [6, 6.07) is 0.0100. The number of carbonyl (C=O) groups excluding carboxylic acids is 3. The van der Waals surface area contributed by atoms with Crippen molar-refractivity contribution in [2.75, 3.05) is 13.6 Å². The van der Waals surface area contributed by atoms with E-state index in [4.69, 9.17) is 5.73 Å². The molecule has 0 aromatic rings. The predicted molar refractivity (Wildman–Crippen MR) is 106 cm³/mol. The molecule has 1 rings (SSSR count). The van der Waals surface area contributed by atoms with Crippen LogP contribution in [0.25, 0.3) is 0 Å². The van der Waals surface area contributed by atoms with Gasteiger partial charge in [-0.3, -0.25) is 9.59 Å². The molecule has 4 atom stereocenters. The number of amides is 4. The zero-order chi connectivity index (χ0) is 20.2. The minimum absolute atomic E-state index is 0.0741. The van der Waals surface area contributed by atoms with Crippen LogP contribution in [0.2, 0.25) is 0 Å². The van der Waals surface area contributed by atoms with Crippen molar-refractivity contribution in [1.82, 2.24) is 21.3 Å². The van der Waals surface area contributed by atoms with Crippen LogP contribution in [-0.2, 0) is 9.59 Å². The molecule has 1 aliphatic rings. The molecule has 8 heteroatoms. The second kappa shape index (κ2) is 12.5. The molecule has 0 aliphatic carbocycles. The van der Waals surface area contributed by atoms with E-state index in [0.29, 0.717) is 25.3 Å². The second-order valence-electron chi connectivity index (χ2n) is 7.47. The number of hydrogen-bond donors (Lipinski definition) is 5. The van der Waals surface area contributed by atoms with Crippen LogP contribution in [0.4, 0.5) is 4.79 Å². The van der Waals surface area contributed by atoms with Crippen molar-refractivity contribution in [3.8, 4) is 0 Å². The van der Waals surface area contributed by atoms with Gasteiger partial charge in [0.2, 0.25) is 11.8 Å². The van der Waals surface area contributed by atoms with Gasteiger partial charge in [-0.1, -0.05) is 20.3 Å². The Morgan fingerprint density at radius 2 is 1.85 bits per heavy atom. The van der Waals surface area contributed by atoms with Crippen LogP contribution in [0.1, 0.15) is 65.2 Å². The first-order valence-corrected chi connectivity index (χ1v) is 10.2. The average Bonchev–Trinajstić information content (AvgIpc) is 3.02. The third-order valence-electron chi connectivity index (χ3n) is 5.35. The van der Waals surface area contributed by atoms with Gasteiger partial charge in [-0.05, 0) is 51.5 Å². The molecule has 1 saturated heterocycles. The first-order chi connectivity index (χ1) is 12.9. The van der Waals surface area contributed by atoms with E-state index in [0.717, 1.165) is 38.5 Å². The van der Waals surface area contributed by atoms with E-state index < -0.39 is 0 Å². The summed E-state index contributed by atoms with van der Waals surface area (Å²) in [5, 5.41) is 11.8. The molecule has 0 aromatic heterocycles. The quantitative estimate of drug-likeness (QED) is 0.287. The molecular weight excluding hydrogens is 346 g/mol. The van der Waals surface area contributed by atoms with E-state index >= 15 is 0 Å². The Hall–Kier alpha value is -1.83. The molecule has 8 nitrogen and oxygen atoms in total. The Bertz CT molecular complexity index is 486. The van der Waals surface area contributed by atoms with Gasteiger partial charge in [0.05, 0.1) is 18.1 Å². The van der Waals surface area contributed by atoms with Gasteiger partial charge in [-0.15, -0.1) is 0 Å². The van der Waals surface area contributed by atoms with Crippen molar-refractivity contribution in [2.45, 2.75) is 83.3 Å². The predicted octanol–water partition coefficient (Wildman–Crippen LogP) is 1.00. The topological polar surface area (TPSA) is 125 Å². The normalized spacial score (nSPS) is 21.2. The molecule has 6 N–H and O–H groups in total. The largest absolute Gasteiger partial charge is 0.368 e. The Balaban J connectivity index is 2.07. The molecule has 0 unspecified atom stereocenters. The third kappa shape index (κ3) is 8.60. The standard InChI is InChI=1S/C19H37N5O3/c1-4-14-17(24-19(27)23-14)13(2)9-5-6-11-16(25)22-12-8-7-10-15(21-3)18(20)26/h13-15,17,21H,4-12H2,1-3H3,(H2,20,26)(H,22,25)(H2,23,24,27)/t13-,14-,15+,17+/m1/s1. The van der Waals surface area contributed by atoms with Gasteiger partial charge in [0.25, 0.3) is 0 Å². The van der Waals surface area contributed by atoms with Gasteiger partial charge in [-0.2, -0.15) is 0 Å². The molecule has 0 aromatic carbocycles. The molecule has 0 radical (unpaired) electrons. The van der Waals surface area contributed by atoms with Crippen LogP contribution in [0.15, 0.2) is 0 Å². The number of rotatable bonds is 14. The van der Waals surface area contributed by atoms with E-state index in [9.17, 15) is 14.4 Å². The van der Waals surface area contributed by atoms with E-state index in [-0.39, 0.29) is 36.0 Å². The van der Waals surface area contributed by atoms with E-state index in [1.165, 1.54) is 0 Å². The van der Waals surface area contributed by atoms with Crippen LogP contribution in [0.5, 0.6) is 0 Å². The Kier molecular flexibility index (Phi) is 10.8. The molecule has 0 spiro atoms. The van der Waals surface area contributed by atoms with E-state index in [2.05, 4.69) is 35.1 Å². The molecule has 1 aliphatic heterocycles. The van der Waals surface area contributed by atoms with Gasteiger partial charge >= 0.3 is 6.03 Å². The number of primary amides is 1. The maximum atomic E-state index is 11.9. The summed E-state index contributed by atoms with van der Waals surface area (Å²) in [6.45, 7) is 4.86. The van der Waals surface area contributed by atoms with Gasteiger partial charge in [0.15, 0.2) is 0 Å². The fraction of sp³-hybridized carbons (Fsp3) is 0.842. The molecular formula is C19H37N5O3. The summed E-state index contributed by atoms with van der Waals surface area (Å²) in [6.07, 6.45) is 6.63. The number of nitrogens with two attached hydrogens (primary N) is 1. The van der Waals surface area contributed by atoms with Crippen molar-refractivity contribution in [2.24, 2.45) is 11.7 Å². The van der Waals surface area contributed by atoms with Crippen LogP contribution < -0.4 is 27.0 Å². The molecule has 1 heterocycles. The van der Waals surface area contributed by atoms with Crippen molar-refractivity contribution < 1.29 is 14.4 Å². The first-order valence-electron chi connectivity index (χ1n) is 10.2. The number of unbranched alkanes of at least 4 members (excludes halogenated alkanes) is 2. The van der Waals surface area contributed by atoms with E-state index in [1.807, 2.05) is 0 Å². The minimum atomic E-state index is -0.339. The third-order valence-corrected chi connectivity index (χ3v) is 5.35. The molecule has 0 bridgehead atoms. The second-order valence-corrected chi connectivity index (χ2v) is 7.47. The lowest BCUT2D eigenvalue weighted by atomic mass is 9.90. The first kappa shape index (κ1) is 23.2. The monoisotopic (exact) mass is 383 g/mol. The summed E-state index contributed by atoms with van der Waals surface area (Å²) >= 11 is 0. The molecule has 1 fully saturated rings. The van der Waals surface area contributed by atoms with Gasteiger partial charge in [0.1, 0.15) is 0 Å². The van der Waals surface area contributed by atoms with Crippen LogP contribution in [0, 0.1) is 5.92 Å². The smallest absolute Gasteiger partial charge is 0.315 e. The zero-order valence-corrected chi connectivity index (χ0v) is 17.0. The highest BCUT2D eigenvalue weighted by molar-refractivity contribution is 5.79. The summed E-state index contributed by atoms with van der Waals surface area (Å²) in [7, 11) is 1.72. The zero-order valence-electron chi connectivity index (χ0n) is 17.0. The molecule has 0 saturated carbocycles. The fourth-order valence-electron chi connectivity index (χ4n) is 3.60. The Morgan fingerprint density at radius 1 is 1.15 bits per heavy atom. The molecule has 27 heavy (non-hydrogen) atoms. The lowest BCUT2D eigenvalue weighted by Crippen LogP contribution is -2.39. The summed E-state index contributed by atoms with van der Waals surface area (Å²) in [5.74, 6) is 0.126. The van der Waals surface area contributed by atoms with Crippen LogP contribution in [-0.4, -0.2) is 49.6 Å². The highest BCUT2D eigenvalue weighted by Gasteiger charge is 2.33. The van der Waals surface area contributed by atoms with Crippen molar-refractivity contribution in [1.29, 1.82) is 0 Å². The maximum absolute atomic E-state index is 11.9.